The number of phenols is 1. The number of fused-ring (bicyclic) bond motifs is 2. The molecule has 0 bridgehead atoms. The molecule has 0 saturated heterocycles. The highest BCUT2D eigenvalue weighted by molar-refractivity contribution is 5.98. The summed E-state index contributed by atoms with van der Waals surface area (Å²) in [5, 5.41) is 27.6. The molecule has 358 valence electrons. The number of allylic oxidation sites excluding steroid dienone is 3. The molecule has 17 heteroatoms. The van der Waals surface area contributed by atoms with Gasteiger partial charge in [0.1, 0.15) is 59.0 Å². The number of benzene rings is 2. The Morgan fingerprint density at radius 2 is 1.20 bits per heavy atom. The summed E-state index contributed by atoms with van der Waals surface area (Å²) in [6.07, 6.45) is 9.45. The zero-order chi connectivity index (χ0) is 45.7. The number of rotatable bonds is 6. The zero-order valence-electron chi connectivity index (χ0n) is 34.9. The summed E-state index contributed by atoms with van der Waals surface area (Å²) in [6, 6.07) is 6.37. The normalized spacial score (nSPS) is 20.2. The molecule has 3 N–H and O–H groups in total. The first-order chi connectivity index (χ1) is 28.9. The molecule has 2 heterocycles. The number of hydrogen-bond acceptors (Lipinski definition) is 14. The third-order valence-electron chi connectivity index (χ3n) is 8.80. The van der Waals surface area contributed by atoms with Crippen molar-refractivity contribution >= 4 is 41.4 Å². The average molecular weight is 911 g/mol. The molecule has 2 aromatic carbocycles. The van der Waals surface area contributed by atoms with Crippen molar-refractivity contribution in [2.45, 2.75) is 106 Å². The van der Waals surface area contributed by atoms with E-state index in [2.05, 4.69) is 0 Å². The number of aromatic hydroxyl groups is 1. The maximum absolute atomic E-state index is 12.9. The highest BCUT2D eigenvalue weighted by Gasteiger charge is 2.37. The molecule has 2 aromatic rings. The summed E-state index contributed by atoms with van der Waals surface area (Å²) in [5.41, 5.74) is 1.46. The number of Topliss-reactive ketones (excluding diaryl/α,β-unsaturated/α-hetero) is 1. The predicted molar refractivity (Wildman–Crippen MR) is 237 cm³/mol. The van der Waals surface area contributed by atoms with Gasteiger partial charge in [0.15, 0.2) is 18.4 Å². The number of ketones is 3. The van der Waals surface area contributed by atoms with Crippen molar-refractivity contribution in [1.82, 2.24) is 0 Å². The number of aliphatic hydroxyl groups excluding tert-OH is 2. The molecule has 0 unspecified atom stereocenters. The van der Waals surface area contributed by atoms with Crippen LogP contribution in [-0.2, 0) is 28.6 Å². The minimum absolute atomic E-state index is 0. The van der Waals surface area contributed by atoms with Crippen molar-refractivity contribution in [2.75, 3.05) is 34.7 Å². The fourth-order valence-corrected chi connectivity index (χ4v) is 5.41. The minimum Gasteiger partial charge on any atom is -0.507 e. The van der Waals surface area contributed by atoms with E-state index in [1.807, 2.05) is 19.1 Å². The van der Waals surface area contributed by atoms with Gasteiger partial charge < -0.3 is 43.7 Å². The minimum atomic E-state index is -4.88. The number of hydrogen-bond donors (Lipinski definition) is 3. The summed E-state index contributed by atoms with van der Waals surface area (Å²) in [7, 11) is 4.52. The smallest absolute Gasteiger partial charge is 0.452 e. The Labute approximate surface area is 374 Å². The highest BCUT2D eigenvalue weighted by Crippen LogP contribution is 2.33. The molecule has 4 rings (SSSR count). The van der Waals surface area contributed by atoms with Gasteiger partial charge in [-0.25, -0.2) is 9.59 Å². The summed E-state index contributed by atoms with van der Waals surface area (Å²) in [6.45, 7) is 3.92. The quantitative estimate of drug-likeness (QED) is 0.183. The number of methoxy groups -OCH3 is 3. The van der Waals surface area contributed by atoms with Crippen LogP contribution < -0.4 is 14.2 Å². The number of phenolic OH excluding ortho intramolecular Hbond substituents is 1. The summed E-state index contributed by atoms with van der Waals surface area (Å²) < 4.78 is 64.8. The number of halogens is 3. The molecule has 0 aliphatic carbocycles. The van der Waals surface area contributed by atoms with E-state index in [0.717, 1.165) is 6.42 Å². The number of aliphatic hydroxyl groups is 2. The Morgan fingerprint density at radius 1 is 0.719 bits per heavy atom. The summed E-state index contributed by atoms with van der Waals surface area (Å²) in [4.78, 5) is 58.7. The van der Waals surface area contributed by atoms with Gasteiger partial charge in [0.05, 0.1) is 14.2 Å². The van der Waals surface area contributed by atoms with Gasteiger partial charge in [-0.05, 0) is 74.9 Å². The second-order valence-corrected chi connectivity index (χ2v) is 13.7. The number of esters is 2. The second-order valence-electron chi connectivity index (χ2n) is 13.7. The average Bonchev–Trinajstić information content (AvgIpc) is 3.21. The summed E-state index contributed by atoms with van der Waals surface area (Å²) >= 11 is 0. The molecule has 64 heavy (non-hydrogen) atoms. The van der Waals surface area contributed by atoms with Crippen LogP contribution in [0.1, 0.15) is 113 Å². The molecular formula is C47H65F3O14. The lowest BCUT2D eigenvalue weighted by Gasteiger charge is -2.17. The van der Waals surface area contributed by atoms with E-state index in [0.29, 0.717) is 59.6 Å². The largest absolute Gasteiger partial charge is 0.507 e. The molecule has 2 aliphatic heterocycles. The number of carbonyl (C=O) groups is 5. The maximum Gasteiger partial charge on any atom is 0.452 e. The molecule has 14 nitrogen and oxygen atoms in total. The van der Waals surface area contributed by atoms with Crippen LogP contribution in [-0.4, -0.2) is 104 Å². The van der Waals surface area contributed by atoms with Gasteiger partial charge in [0.25, 0.3) is 5.78 Å². The van der Waals surface area contributed by atoms with E-state index in [9.17, 15) is 47.4 Å². The third-order valence-corrected chi connectivity index (χ3v) is 8.80. The van der Waals surface area contributed by atoms with Crippen molar-refractivity contribution in [3.63, 3.8) is 0 Å². The number of cyclic esters (lactones) is 2. The number of carbonyl (C=O) groups excluding carboxylic acids is 5. The lowest BCUT2D eigenvalue weighted by atomic mass is 9.98. The van der Waals surface area contributed by atoms with Gasteiger partial charge >= 0.3 is 18.1 Å². The van der Waals surface area contributed by atoms with Gasteiger partial charge in [0.2, 0.25) is 0 Å². The third kappa shape index (κ3) is 20.2. The van der Waals surface area contributed by atoms with Crippen LogP contribution in [0.25, 0.3) is 12.2 Å². The van der Waals surface area contributed by atoms with E-state index in [1.165, 1.54) is 26.4 Å². The molecule has 0 radical (unpaired) electrons. The molecular weight excluding hydrogens is 845 g/mol. The fraction of sp³-hybridized carbons (Fsp3) is 0.468. The monoisotopic (exact) mass is 910 g/mol. The van der Waals surface area contributed by atoms with Crippen LogP contribution in [0.2, 0.25) is 0 Å². The van der Waals surface area contributed by atoms with Gasteiger partial charge in [-0.1, -0.05) is 65.7 Å². The second kappa shape index (κ2) is 30.3. The Balaban J connectivity index is 0. The Morgan fingerprint density at radius 3 is 1.69 bits per heavy atom. The molecule has 4 atom stereocenters. The zero-order valence-corrected chi connectivity index (χ0v) is 34.9. The molecule has 0 fully saturated rings. The SMILES string of the molecule is C.C.C.COCOc1cc(OC)cc2c1C(=O)O[C@@H](C)C/C=C\C(=O)[C@@H](C)CCC=C2.COc1cc(O)c2c(c1)C=CCC[C@H](O)C(=O)/C=C\C[C@H](C)OC2=O.O=C(CO)C(F)(F)F. The van der Waals surface area contributed by atoms with Crippen molar-refractivity contribution in [2.24, 2.45) is 5.92 Å². The first kappa shape index (κ1) is 60.3. The fourth-order valence-electron chi connectivity index (χ4n) is 5.41. The number of ether oxygens (including phenoxy) is 6. The first-order valence-electron chi connectivity index (χ1n) is 19.2. The molecule has 2 aliphatic rings. The van der Waals surface area contributed by atoms with Crippen LogP contribution >= 0.6 is 0 Å². The number of alkyl halides is 3. The van der Waals surface area contributed by atoms with Crippen molar-refractivity contribution < 1.29 is 80.9 Å². The van der Waals surface area contributed by atoms with Gasteiger partial charge in [-0.3, -0.25) is 14.4 Å². The lowest BCUT2D eigenvalue weighted by Crippen LogP contribution is -2.25. The Kier molecular flexibility index (Phi) is 28.6. The highest BCUT2D eigenvalue weighted by atomic mass is 19.4. The van der Waals surface area contributed by atoms with Crippen LogP contribution in [0.3, 0.4) is 0 Å². The van der Waals surface area contributed by atoms with Crippen LogP contribution in [0, 0.1) is 5.92 Å². The van der Waals surface area contributed by atoms with Gasteiger partial charge in [-0.2, -0.15) is 13.2 Å². The van der Waals surface area contributed by atoms with E-state index < -0.39 is 42.7 Å². The van der Waals surface area contributed by atoms with E-state index in [4.69, 9.17) is 33.5 Å². The van der Waals surface area contributed by atoms with Crippen molar-refractivity contribution in [3.05, 3.63) is 83.0 Å². The Bertz CT molecular complexity index is 1930. The molecule has 0 saturated carbocycles. The lowest BCUT2D eigenvalue weighted by molar-refractivity contribution is -0.173. The van der Waals surface area contributed by atoms with E-state index in [-0.39, 0.29) is 70.4 Å². The van der Waals surface area contributed by atoms with Crippen LogP contribution in [0.4, 0.5) is 13.2 Å². The Hall–Kier alpha value is -5.78. The van der Waals surface area contributed by atoms with Gasteiger partial charge in [-0.15, -0.1) is 0 Å². The standard InChI is InChI=1S/C22H28O6.C19H22O6.C3H3F3O2.3CH4/c1-15-8-5-6-10-17-12-18(26-4)13-20(27-14-25-3)21(17)22(24)28-16(2)9-7-11-19(15)23;1-12-6-5-9-16(21)15(20)8-4-3-7-13-10-14(24-2)11-17(22)18(13)19(23)25-12;4-3(5,6)2(8)1-7;;;/h6-7,10-13,15-16H,5,8-9,14H2,1-4H3;3,5,7,9-12,15,20,22H,4,6,8H2,1-2H3;7H,1H2;3*1H4/b10-6?,11-7-;7-3?,9-5-;;;;/t15-,16-;12-,15-;;;;/m00..../s1. The predicted octanol–water partition coefficient (Wildman–Crippen LogP) is 8.83. The molecule has 0 spiro atoms. The van der Waals surface area contributed by atoms with E-state index >= 15 is 0 Å². The van der Waals surface area contributed by atoms with Gasteiger partial charge in [0, 0.05) is 38.0 Å². The molecule has 0 amide bonds. The van der Waals surface area contributed by atoms with E-state index in [1.54, 1.807) is 69.5 Å². The van der Waals surface area contributed by atoms with Crippen molar-refractivity contribution in [3.8, 4) is 23.0 Å². The van der Waals surface area contributed by atoms with Crippen LogP contribution in [0.15, 0.2) is 60.7 Å². The van der Waals surface area contributed by atoms with Crippen LogP contribution in [0.5, 0.6) is 23.0 Å². The maximum atomic E-state index is 12.9. The van der Waals surface area contributed by atoms with Crippen molar-refractivity contribution in [1.29, 1.82) is 0 Å². The topological polar surface area (TPSA) is 201 Å². The molecule has 0 aromatic heterocycles. The first-order valence-corrected chi connectivity index (χ1v) is 19.2. The summed E-state index contributed by atoms with van der Waals surface area (Å²) in [5.74, 6) is -2.54.